The summed E-state index contributed by atoms with van der Waals surface area (Å²) < 4.78 is 11.1. The molecule has 2 aromatic rings. The topological polar surface area (TPSA) is 80.5 Å². The standard InChI is InChI=1S/C17H22N4O3/c1-10(2)14-8-21-7-11(6-12(21)9-23-14)19-17(22)15-13-4-3-5-18-16(13)20-24-15/h3-5,10-12,14H,6-9H2,1-2H3,(H,19,22)/t11-,12-,14+/m0/s1. The molecule has 0 saturated carbocycles. The van der Waals surface area contributed by atoms with Gasteiger partial charge in [0.2, 0.25) is 11.4 Å². The molecule has 0 bridgehead atoms. The van der Waals surface area contributed by atoms with Crippen LogP contribution in [-0.4, -0.2) is 58.8 Å². The van der Waals surface area contributed by atoms with Crippen LogP contribution in [0.15, 0.2) is 22.9 Å². The number of rotatable bonds is 3. The minimum absolute atomic E-state index is 0.105. The Hall–Kier alpha value is -1.99. The monoisotopic (exact) mass is 330 g/mol. The van der Waals surface area contributed by atoms with Gasteiger partial charge in [0.1, 0.15) is 0 Å². The van der Waals surface area contributed by atoms with Crippen molar-refractivity contribution in [3.05, 3.63) is 24.1 Å². The highest BCUT2D eigenvalue weighted by Gasteiger charge is 2.39. The first-order valence-electron chi connectivity index (χ1n) is 8.48. The lowest BCUT2D eigenvalue weighted by Gasteiger charge is -2.36. The molecule has 1 N–H and O–H groups in total. The van der Waals surface area contributed by atoms with Crippen molar-refractivity contribution >= 4 is 16.9 Å². The second kappa shape index (κ2) is 6.14. The molecule has 0 spiro atoms. The van der Waals surface area contributed by atoms with Crippen LogP contribution in [0.2, 0.25) is 0 Å². The third kappa shape index (κ3) is 2.78. The molecule has 0 aliphatic carbocycles. The average Bonchev–Trinajstić information content (AvgIpc) is 3.17. The third-order valence-corrected chi connectivity index (χ3v) is 4.98. The number of hydrogen-bond acceptors (Lipinski definition) is 6. The first-order valence-corrected chi connectivity index (χ1v) is 8.48. The molecule has 7 nitrogen and oxygen atoms in total. The molecule has 1 amide bonds. The number of carbonyl (C=O) groups is 1. The van der Waals surface area contributed by atoms with Crippen LogP contribution in [0.25, 0.3) is 11.0 Å². The van der Waals surface area contributed by atoms with Gasteiger partial charge in [-0.25, -0.2) is 4.98 Å². The maximum absolute atomic E-state index is 12.5. The molecule has 2 saturated heterocycles. The number of amides is 1. The number of nitrogens with one attached hydrogen (secondary N) is 1. The summed E-state index contributed by atoms with van der Waals surface area (Å²) in [4.78, 5) is 19.1. The Balaban J connectivity index is 1.42. The van der Waals surface area contributed by atoms with Gasteiger partial charge in [0.25, 0.3) is 5.91 Å². The molecular weight excluding hydrogens is 308 g/mol. The molecule has 2 fully saturated rings. The van der Waals surface area contributed by atoms with Crippen molar-refractivity contribution < 1.29 is 14.1 Å². The fraction of sp³-hybridized carbons (Fsp3) is 0.588. The van der Waals surface area contributed by atoms with E-state index < -0.39 is 0 Å². The van der Waals surface area contributed by atoms with Crippen LogP contribution in [0.5, 0.6) is 0 Å². The van der Waals surface area contributed by atoms with Crippen LogP contribution < -0.4 is 5.32 Å². The molecular formula is C17H22N4O3. The van der Waals surface area contributed by atoms with Crippen molar-refractivity contribution in [2.45, 2.75) is 38.5 Å². The van der Waals surface area contributed by atoms with Gasteiger partial charge in [0.15, 0.2) is 0 Å². The molecule has 2 aliphatic heterocycles. The minimum atomic E-state index is -0.225. The fourth-order valence-corrected chi connectivity index (χ4v) is 3.61. The molecule has 4 heterocycles. The van der Waals surface area contributed by atoms with Crippen LogP contribution in [0, 0.1) is 5.92 Å². The zero-order valence-corrected chi connectivity index (χ0v) is 13.9. The van der Waals surface area contributed by atoms with E-state index in [0.717, 1.165) is 26.1 Å². The second-order valence-electron chi connectivity index (χ2n) is 7.02. The lowest BCUT2D eigenvalue weighted by Crippen LogP contribution is -2.48. The van der Waals surface area contributed by atoms with Gasteiger partial charge >= 0.3 is 0 Å². The second-order valence-corrected chi connectivity index (χ2v) is 7.02. The van der Waals surface area contributed by atoms with Crippen molar-refractivity contribution in [2.75, 3.05) is 19.7 Å². The molecule has 0 unspecified atom stereocenters. The van der Waals surface area contributed by atoms with E-state index in [9.17, 15) is 4.79 Å². The zero-order chi connectivity index (χ0) is 16.7. The van der Waals surface area contributed by atoms with E-state index >= 15 is 0 Å². The number of morpholine rings is 1. The largest absolute Gasteiger partial charge is 0.375 e. The quantitative estimate of drug-likeness (QED) is 0.917. The van der Waals surface area contributed by atoms with Crippen LogP contribution in [0.3, 0.4) is 0 Å². The molecule has 24 heavy (non-hydrogen) atoms. The third-order valence-electron chi connectivity index (χ3n) is 4.98. The number of aromatic nitrogens is 2. The lowest BCUT2D eigenvalue weighted by atomic mass is 10.0. The lowest BCUT2D eigenvalue weighted by molar-refractivity contribution is -0.0683. The van der Waals surface area contributed by atoms with Gasteiger partial charge in [-0.1, -0.05) is 19.0 Å². The Bertz CT molecular complexity index is 744. The molecule has 4 rings (SSSR count). The molecule has 7 heteroatoms. The predicted molar refractivity (Wildman–Crippen MR) is 87.6 cm³/mol. The highest BCUT2D eigenvalue weighted by Crippen LogP contribution is 2.26. The van der Waals surface area contributed by atoms with Gasteiger partial charge in [0, 0.05) is 31.4 Å². The van der Waals surface area contributed by atoms with E-state index in [1.807, 2.05) is 0 Å². The smallest absolute Gasteiger partial charge is 0.290 e. The molecule has 2 aromatic heterocycles. The Morgan fingerprint density at radius 1 is 1.42 bits per heavy atom. The highest BCUT2D eigenvalue weighted by molar-refractivity contribution is 6.02. The number of pyridine rings is 1. The molecule has 128 valence electrons. The molecule has 0 aromatic carbocycles. The number of hydrogen-bond donors (Lipinski definition) is 1. The van der Waals surface area contributed by atoms with Gasteiger partial charge in [-0.2, -0.15) is 0 Å². The summed E-state index contributed by atoms with van der Waals surface area (Å²) in [6.07, 6.45) is 2.81. The van der Waals surface area contributed by atoms with Crippen molar-refractivity contribution in [3.8, 4) is 0 Å². The predicted octanol–water partition coefficient (Wildman–Crippen LogP) is 1.45. The Kier molecular flexibility index (Phi) is 3.97. The number of fused-ring (bicyclic) bond motifs is 2. The Labute approximate surface area is 140 Å². The van der Waals surface area contributed by atoms with Crippen LogP contribution in [-0.2, 0) is 4.74 Å². The molecule has 3 atom stereocenters. The summed E-state index contributed by atoms with van der Waals surface area (Å²) in [7, 11) is 0. The Morgan fingerprint density at radius 2 is 2.29 bits per heavy atom. The van der Waals surface area contributed by atoms with Crippen LogP contribution >= 0.6 is 0 Å². The summed E-state index contributed by atoms with van der Waals surface area (Å²) in [5, 5.41) is 7.56. The van der Waals surface area contributed by atoms with Crippen molar-refractivity contribution in [1.29, 1.82) is 0 Å². The van der Waals surface area contributed by atoms with E-state index in [2.05, 4.69) is 34.2 Å². The van der Waals surface area contributed by atoms with E-state index in [4.69, 9.17) is 9.26 Å². The summed E-state index contributed by atoms with van der Waals surface area (Å²) in [6.45, 7) is 6.90. The first-order chi connectivity index (χ1) is 11.6. The van der Waals surface area contributed by atoms with Gasteiger partial charge in [0.05, 0.1) is 18.1 Å². The number of nitrogens with zero attached hydrogens (tertiary/aromatic N) is 3. The average molecular weight is 330 g/mol. The van der Waals surface area contributed by atoms with Gasteiger partial charge in [-0.3, -0.25) is 9.69 Å². The van der Waals surface area contributed by atoms with E-state index in [0.29, 0.717) is 23.0 Å². The van der Waals surface area contributed by atoms with E-state index in [-0.39, 0.29) is 23.8 Å². The van der Waals surface area contributed by atoms with Gasteiger partial charge < -0.3 is 14.6 Å². The molecule has 0 radical (unpaired) electrons. The Morgan fingerprint density at radius 3 is 3.12 bits per heavy atom. The zero-order valence-electron chi connectivity index (χ0n) is 13.9. The summed E-state index contributed by atoms with van der Waals surface area (Å²) in [5.74, 6) is 0.517. The SMILES string of the molecule is CC(C)[C@H]1CN2C[C@@H](NC(=O)c3onc4ncccc34)C[C@H]2CO1. The minimum Gasteiger partial charge on any atom is -0.375 e. The van der Waals surface area contributed by atoms with E-state index in [1.54, 1.807) is 18.3 Å². The molecule has 2 aliphatic rings. The highest BCUT2D eigenvalue weighted by atomic mass is 16.5. The summed E-state index contributed by atoms with van der Waals surface area (Å²) in [6, 6.07) is 4.06. The van der Waals surface area contributed by atoms with Gasteiger partial charge in [-0.05, 0) is 24.5 Å². The van der Waals surface area contributed by atoms with Crippen LogP contribution in [0.4, 0.5) is 0 Å². The van der Waals surface area contributed by atoms with Crippen molar-refractivity contribution in [2.24, 2.45) is 5.92 Å². The van der Waals surface area contributed by atoms with Crippen molar-refractivity contribution in [3.63, 3.8) is 0 Å². The maximum Gasteiger partial charge on any atom is 0.290 e. The summed E-state index contributed by atoms with van der Waals surface area (Å²) >= 11 is 0. The number of ether oxygens (including phenoxy) is 1. The first kappa shape index (κ1) is 15.5. The fourth-order valence-electron chi connectivity index (χ4n) is 3.61. The maximum atomic E-state index is 12.5. The van der Waals surface area contributed by atoms with Crippen LogP contribution in [0.1, 0.15) is 30.8 Å². The van der Waals surface area contributed by atoms with E-state index in [1.165, 1.54) is 0 Å². The van der Waals surface area contributed by atoms with Crippen molar-refractivity contribution in [1.82, 2.24) is 20.4 Å². The normalized spacial score (nSPS) is 27.5. The van der Waals surface area contributed by atoms with Gasteiger partial charge in [-0.15, -0.1) is 0 Å². The number of carbonyl (C=O) groups excluding carboxylic acids is 1. The summed E-state index contributed by atoms with van der Waals surface area (Å²) in [5.41, 5.74) is 0.458.